The molecule has 3 amide bonds. The number of nitro benzene ring substituents is 1. The highest BCUT2D eigenvalue weighted by molar-refractivity contribution is 5.97. The molecule has 0 aromatic heterocycles. The van der Waals surface area contributed by atoms with Gasteiger partial charge in [-0.3, -0.25) is 24.5 Å². The summed E-state index contributed by atoms with van der Waals surface area (Å²) < 4.78 is 0. The van der Waals surface area contributed by atoms with E-state index in [1.54, 1.807) is 38.1 Å². The first-order valence-electron chi connectivity index (χ1n) is 9.02. The lowest BCUT2D eigenvalue weighted by atomic mass is 10.1. The quantitative estimate of drug-likeness (QED) is 0.465. The van der Waals surface area contributed by atoms with Gasteiger partial charge in [0.05, 0.1) is 17.5 Å². The topological polar surface area (TPSA) is 130 Å². The molecule has 0 spiro atoms. The van der Waals surface area contributed by atoms with E-state index in [4.69, 9.17) is 0 Å². The fourth-order valence-corrected chi connectivity index (χ4v) is 2.50. The summed E-state index contributed by atoms with van der Waals surface area (Å²) in [5, 5.41) is 18.7. The number of carbonyl (C=O) groups excluding carboxylic acids is 3. The van der Waals surface area contributed by atoms with Crippen LogP contribution in [0.3, 0.4) is 0 Å². The highest BCUT2D eigenvalue weighted by Gasteiger charge is 2.14. The van der Waals surface area contributed by atoms with E-state index < -0.39 is 16.7 Å². The second-order valence-electron chi connectivity index (χ2n) is 6.30. The molecule has 152 valence electrons. The zero-order chi connectivity index (χ0) is 21.4. The number of nitrogens with zero attached hydrogens (tertiary/aromatic N) is 1. The number of hydrogen-bond donors (Lipinski definition) is 3. The van der Waals surface area contributed by atoms with Gasteiger partial charge >= 0.3 is 0 Å². The first-order chi connectivity index (χ1) is 13.8. The van der Waals surface area contributed by atoms with Gasteiger partial charge < -0.3 is 16.0 Å². The van der Waals surface area contributed by atoms with Crippen molar-refractivity contribution < 1.29 is 19.3 Å². The Kier molecular flexibility index (Phi) is 7.41. The highest BCUT2D eigenvalue weighted by atomic mass is 16.6. The van der Waals surface area contributed by atoms with Crippen molar-refractivity contribution >= 4 is 29.1 Å². The van der Waals surface area contributed by atoms with Crippen molar-refractivity contribution in [2.75, 3.05) is 11.9 Å². The maximum Gasteiger partial charge on any atom is 0.270 e. The van der Waals surface area contributed by atoms with Gasteiger partial charge in [0.25, 0.3) is 11.6 Å². The van der Waals surface area contributed by atoms with Gasteiger partial charge in [-0.1, -0.05) is 25.1 Å². The van der Waals surface area contributed by atoms with Crippen LogP contribution in [0.2, 0.25) is 0 Å². The molecule has 3 N–H and O–H groups in total. The number of hydrogen-bond acceptors (Lipinski definition) is 5. The average Bonchev–Trinajstić information content (AvgIpc) is 2.72. The molecule has 0 radical (unpaired) electrons. The van der Waals surface area contributed by atoms with Gasteiger partial charge in [-0.05, 0) is 30.7 Å². The summed E-state index contributed by atoms with van der Waals surface area (Å²) in [5.74, 6) is -1.06. The van der Waals surface area contributed by atoms with E-state index in [0.717, 1.165) is 11.6 Å². The number of nitro groups is 1. The van der Waals surface area contributed by atoms with Gasteiger partial charge in [-0.25, -0.2) is 0 Å². The molecule has 0 heterocycles. The molecule has 2 rings (SSSR count). The summed E-state index contributed by atoms with van der Waals surface area (Å²) in [6.07, 6.45) is 0.385. The molecule has 0 saturated carbocycles. The standard InChI is InChI=1S/C20H22N4O5/c1-3-18(25)23-16-9-7-14(8-10-16)13(2)22-19(26)12-21-20(27)15-5-4-6-17(11-15)24(28)29/h4-11,13H,3,12H2,1-2H3,(H,21,27)(H,22,26)(H,23,25). The summed E-state index contributed by atoms with van der Waals surface area (Å²) in [4.78, 5) is 45.8. The summed E-state index contributed by atoms with van der Waals surface area (Å²) in [7, 11) is 0. The Labute approximate surface area is 167 Å². The van der Waals surface area contributed by atoms with Gasteiger partial charge in [0.1, 0.15) is 0 Å². The predicted octanol–water partition coefficient (Wildman–Crippen LogP) is 2.55. The number of benzene rings is 2. The van der Waals surface area contributed by atoms with E-state index in [-0.39, 0.29) is 29.7 Å². The number of amides is 3. The van der Waals surface area contributed by atoms with Crippen LogP contribution in [0.25, 0.3) is 0 Å². The smallest absolute Gasteiger partial charge is 0.270 e. The van der Waals surface area contributed by atoms with Crippen LogP contribution in [-0.4, -0.2) is 29.2 Å². The maximum absolute atomic E-state index is 12.1. The number of carbonyl (C=O) groups is 3. The van der Waals surface area contributed by atoms with Crippen LogP contribution >= 0.6 is 0 Å². The average molecular weight is 398 g/mol. The van der Waals surface area contributed by atoms with Crippen molar-refractivity contribution in [3.8, 4) is 0 Å². The van der Waals surface area contributed by atoms with Crippen LogP contribution in [0.4, 0.5) is 11.4 Å². The number of anilines is 1. The molecular formula is C20H22N4O5. The first kappa shape index (κ1) is 21.5. The lowest BCUT2D eigenvalue weighted by molar-refractivity contribution is -0.384. The van der Waals surface area contributed by atoms with Gasteiger partial charge in [-0.2, -0.15) is 0 Å². The molecule has 1 unspecified atom stereocenters. The number of non-ortho nitro benzene ring substituents is 1. The van der Waals surface area contributed by atoms with Crippen LogP contribution < -0.4 is 16.0 Å². The molecular weight excluding hydrogens is 376 g/mol. The van der Waals surface area contributed by atoms with Gasteiger partial charge in [0.15, 0.2) is 0 Å². The lowest BCUT2D eigenvalue weighted by Crippen LogP contribution is -2.38. The van der Waals surface area contributed by atoms with Gasteiger partial charge in [0.2, 0.25) is 11.8 Å². The third-order valence-electron chi connectivity index (χ3n) is 4.12. The Morgan fingerprint density at radius 1 is 1.07 bits per heavy atom. The van der Waals surface area contributed by atoms with Crippen molar-refractivity contribution in [2.24, 2.45) is 0 Å². The zero-order valence-corrected chi connectivity index (χ0v) is 16.1. The molecule has 9 heteroatoms. The Morgan fingerprint density at radius 2 is 1.76 bits per heavy atom. The van der Waals surface area contributed by atoms with E-state index in [0.29, 0.717) is 12.1 Å². The van der Waals surface area contributed by atoms with E-state index in [1.165, 1.54) is 18.2 Å². The summed E-state index contributed by atoms with van der Waals surface area (Å²) in [5.41, 5.74) is 1.40. The van der Waals surface area contributed by atoms with Crippen molar-refractivity contribution in [1.82, 2.24) is 10.6 Å². The third-order valence-corrected chi connectivity index (χ3v) is 4.12. The van der Waals surface area contributed by atoms with Crippen LogP contribution in [0.1, 0.15) is 42.2 Å². The molecule has 9 nitrogen and oxygen atoms in total. The van der Waals surface area contributed by atoms with E-state index in [1.807, 2.05) is 0 Å². The van der Waals surface area contributed by atoms with Crippen molar-refractivity contribution in [2.45, 2.75) is 26.3 Å². The molecule has 2 aromatic carbocycles. The monoisotopic (exact) mass is 398 g/mol. The Hall–Kier alpha value is -3.75. The third kappa shape index (κ3) is 6.42. The second-order valence-corrected chi connectivity index (χ2v) is 6.30. The molecule has 29 heavy (non-hydrogen) atoms. The minimum atomic E-state index is -0.593. The van der Waals surface area contributed by atoms with Crippen molar-refractivity contribution in [3.63, 3.8) is 0 Å². The molecule has 2 aromatic rings. The summed E-state index contributed by atoms with van der Waals surface area (Å²) in [6, 6.07) is 12.0. The van der Waals surface area contributed by atoms with Crippen LogP contribution in [0, 0.1) is 10.1 Å². The molecule has 1 atom stereocenters. The molecule has 0 aliphatic heterocycles. The van der Waals surface area contributed by atoms with Crippen molar-refractivity contribution in [1.29, 1.82) is 0 Å². The Bertz CT molecular complexity index is 911. The van der Waals surface area contributed by atoms with Crippen molar-refractivity contribution in [3.05, 3.63) is 69.8 Å². The molecule has 0 aliphatic carbocycles. The minimum absolute atomic E-state index is 0.0846. The maximum atomic E-state index is 12.1. The van der Waals surface area contributed by atoms with Crippen LogP contribution in [-0.2, 0) is 9.59 Å². The highest BCUT2D eigenvalue weighted by Crippen LogP contribution is 2.16. The Morgan fingerprint density at radius 3 is 2.38 bits per heavy atom. The lowest BCUT2D eigenvalue weighted by Gasteiger charge is -2.15. The molecule has 0 fully saturated rings. The fourth-order valence-electron chi connectivity index (χ4n) is 2.50. The van der Waals surface area contributed by atoms with Gasteiger partial charge in [0, 0.05) is 29.8 Å². The number of rotatable bonds is 8. The number of nitrogens with one attached hydrogen (secondary N) is 3. The van der Waals surface area contributed by atoms with E-state index in [2.05, 4.69) is 16.0 Å². The van der Waals surface area contributed by atoms with Crippen LogP contribution in [0.15, 0.2) is 48.5 Å². The predicted molar refractivity (Wildman–Crippen MR) is 107 cm³/mol. The molecule has 0 bridgehead atoms. The van der Waals surface area contributed by atoms with E-state index in [9.17, 15) is 24.5 Å². The molecule has 0 saturated heterocycles. The largest absolute Gasteiger partial charge is 0.348 e. The Balaban J connectivity index is 1.87. The SMILES string of the molecule is CCC(=O)Nc1ccc(C(C)NC(=O)CNC(=O)c2cccc([N+](=O)[O-])c2)cc1. The minimum Gasteiger partial charge on any atom is -0.348 e. The fraction of sp³-hybridized carbons (Fsp3) is 0.250. The summed E-state index contributed by atoms with van der Waals surface area (Å²) >= 11 is 0. The normalized spacial score (nSPS) is 11.2. The van der Waals surface area contributed by atoms with Gasteiger partial charge in [-0.15, -0.1) is 0 Å². The van der Waals surface area contributed by atoms with E-state index >= 15 is 0 Å². The summed E-state index contributed by atoms with van der Waals surface area (Å²) in [6.45, 7) is 3.29. The molecule has 0 aliphatic rings. The van der Waals surface area contributed by atoms with Crippen LogP contribution in [0.5, 0.6) is 0 Å². The first-order valence-corrected chi connectivity index (χ1v) is 9.02. The second kappa shape index (κ2) is 9.98. The zero-order valence-electron chi connectivity index (χ0n) is 16.1.